The van der Waals surface area contributed by atoms with Crippen molar-refractivity contribution in [3.8, 4) is 0 Å². The SMILES string of the molecule is CCCCCCCC/C=C\CCCCCCCC(=O)OC[C@H](COP(=O)([O-])OCCNC[C@H](O)[C@@H](O)[C@H](O[C@@H]1O[C@H](CO)[C@H](O)[C@H](O)[C@H]1O)[C@H](O)CO)OC(=O)CCCCCCC/C=C\CCCCCCCC.[NH4+]. The number of rotatable bonds is 49. The van der Waals surface area contributed by atoms with Gasteiger partial charge in [0.15, 0.2) is 12.4 Å². The van der Waals surface area contributed by atoms with Crippen LogP contribution in [0.4, 0.5) is 0 Å². The second-order valence-corrected chi connectivity index (χ2v) is 20.8. The van der Waals surface area contributed by atoms with Crippen LogP contribution in [0.3, 0.4) is 0 Å². The highest BCUT2D eigenvalue weighted by atomic mass is 31.2. The van der Waals surface area contributed by atoms with Gasteiger partial charge in [0.1, 0.15) is 49.3 Å². The van der Waals surface area contributed by atoms with Crippen molar-refractivity contribution in [3.63, 3.8) is 0 Å². The fourth-order valence-corrected chi connectivity index (χ4v) is 8.91. The number of carbonyl (C=O) groups excluding carboxylic acids is 2. The van der Waals surface area contributed by atoms with Crippen LogP contribution in [0.1, 0.15) is 194 Å². The maximum atomic E-state index is 12.9. The Hall–Kier alpha value is -1.95. The van der Waals surface area contributed by atoms with Gasteiger partial charge in [-0.2, -0.15) is 0 Å². The molecule has 20 nitrogen and oxygen atoms in total. The van der Waals surface area contributed by atoms with E-state index in [9.17, 15) is 59.9 Å². The monoisotopic (exact) mass is 1090 g/mol. The molecule has 0 saturated carbocycles. The van der Waals surface area contributed by atoms with Crippen molar-refractivity contribution < 1.29 is 87.9 Å². The van der Waals surface area contributed by atoms with E-state index in [0.29, 0.717) is 12.8 Å². The van der Waals surface area contributed by atoms with Gasteiger partial charge in [0.25, 0.3) is 7.82 Å². The van der Waals surface area contributed by atoms with Crippen molar-refractivity contribution in [2.75, 3.05) is 46.1 Å². The lowest BCUT2D eigenvalue weighted by Gasteiger charge is -2.42. The lowest BCUT2D eigenvalue weighted by Crippen LogP contribution is -2.61. The van der Waals surface area contributed by atoms with Crippen molar-refractivity contribution in [2.45, 2.75) is 255 Å². The van der Waals surface area contributed by atoms with Crippen LogP contribution in [0.2, 0.25) is 0 Å². The first-order valence-corrected chi connectivity index (χ1v) is 29.2. The minimum absolute atomic E-state index is 0. The summed E-state index contributed by atoms with van der Waals surface area (Å²) in [6.07, 6.45) is 21.0. The summed E-state index contributed by atoms with van der Waals surface area (Å²) in [7, 11) is -5.01. The highest BCUT2D eigenvalue weighted by Crippen LogP contribution is 2.38. The molecule has 0 aromatic carbocycles. The van der Waals surface area contributed by atoms with E-state index < -0.39 is 121 Å². The number of quaternary nitrogens is 1. The van der Waals surface area contributed by atoms with E-state index in [0.717, 1.165) is 77.0 Å². The van der Waals surface area contributed by atoms with E-state index in [1.165, 1.54) is 77.0 Å². The average molecular weight is 1090 g/mol. The third-order valence-electron chi connectivity index (χ3n) is 12.8. The van der Waals surface area contributed by atoms with Gasteiger partial charge in [0.2, 0.25) is 0 Å². The van der Waals surface area contributed by atoms with Crippen molar-refractivity contribution >= 4 is 19.8 Å². The van der Waals surface area contributed by atoms with Crippen molar-refractivity contribution in [3.05, 3.63) is 24.3 Å². The number of carbonyl (C=O) groups is 2. The third-order valence-corrected chi connectivity index (χ3v) is 13.7. The zero-order valence-electron chi connectivity index (χ0n) is 45.4. The summed E-state index contributed by atoms with van der Waals surface area (Å²) in [5.74, 6) is -1.09. The second kappa shape index (κ2) is 47.1. The van der Waals surface area contributed by atoms with Crippen LogP contribution in [0.25, 0.3) is 0 Å². The number of hydrogen-bond acceptors (Lipinski definition) is 19. The Bertz CT molecular complexity index is 1450. The van der Waals surface area contributed by atoms with E-state index in [4.69, 9.17) is 28.0 Å². The Balaban J connectivity index is 0.0000533. The largest absolute Gasteiger partial charge is 0.756 e. The summed E-state index contributed by atoms with van der Waals surface area (Å²) in [5, 5.41) is 83.7. The van der Waals surface area contributed by atoms with Crippen LogP contribution in [0.5, 0.6) is 0 Å². The molecule has 1 fully saturated rings. The number of phosphoric acid groups is 1. The molecule has 0 aromatic heterocycles. The van der Waals surface area contributed by atoms with Crippen LogP contribution in [0.15, 0.2) is 24.3 Å². The molecule has 21 heteroatoms. The molecule has 0 spiro atoms. The summed E-state index contributed by atoms with van der Waals surface area (Å²) in [5.41, 5.74) is 0. The molecule has 1 aliphatic rings. The Labute approximate surface area is 443 Å². The number of phosphoric ester groups is 1. The molecule has 1 unspecified atom stereocenters. The van der Waals surface area contributed by atoms with Crippen LogP contribution < -0.4 is 16.4 Å². The summed E-state index contributed by atoms with van der Waals surface area (Å²) in [4.78, 5) is 38.2. The molecule has 13 N–H and O–H groups in total. The highest BCUT2D eigenvalue weighted by Gasteiger charge is 2.46. The molecular weight excluding hydrogens is 984 g/mol. The van der Waals surface area contributed by atoms with E-state index in [1.54, 1.807) is 0 Å². The van der Waals surface area contributed by atoms with Gasteiger partial charge in [-0.25, -0.2) is 0 Å². The molecule has 1 heterocycles. The number of esters is 2. The summed E-state index contributed by atoms with van der Waals surface area (Å²) in [6.45, 7) is 0.431. The van der Waals surface area contributed by atoms with Crippen molar-refractivity contribution in [2.24, 2.45) is 0 Å². The van der Waals surface area contributed by atoms with Crippen LogP contribution in [-0.4, -0.2) is 160 Å². The minimum atomic E-state index is -5.01. The normalized spacial score (nSPS) is 21.0. The van der Waals surface area contributed by atoms with E-state index in [-0.39, 0.29) is 25.5 Å². The van der Waals surface area contributed by atoms with Gasteiger partial charge in [-0.15, -0.1) is 0 Å². The van der Waals surface area contributed by atoms with Gasteiger partial charge in [-0.05, 0) is 64.2 Å². The third kappa shape index (κ3) is 36.2. The molecule has 1 rings (SSSR count). The standard InChI is InChI=1S/C53H100NO18P.H3N/c1-3-5-7-9-11-13-15-17-19-21-23-25-27-29-31-33-46(59)67-40-42(70-47(60)34-32-30-28-26-24-22-20-18-16-14-12-10-8-6-4-2)41-69-73(65,66)68-36-35-54-37-43(57)48(61)52(44(58)38-55)72-53-51(64)50(63)49(62)45(39-56)71-53;/h17-20,42-45,48-58,61-64H,3-16,21-41H2,1-2H3,(H,65,66);1H3/b19-17-,20-18-;/t42-,43+,44-,45-,48-,49+,50+,51-,52-,53+;/m1./s1. The van der Waals surface area contributed by atoms with Gasteiger partial charge in [0, 0.05) is 25.9 Å². The van der Waals surface area contributed by atoms with Crippen LogP contribution >= 0.6 is 7.82 Å². The number of ether oxygens (including phenoxy) is 4. The van der Waals surface area contributed by atoms with Crippen LogP contribution in [0, 0.1) is 0 Å². The minimum Gasteiger partial charge on any atom is -0.756 e. The summed E-state index contributed by atoms with van der Waals surface area (Å²) < 4.78 is 44.2. The molecule has 0 aromatic rings. The van der Waals surface area contributed by atoms with Gasteiger partial charge < -0.3 is 85.2 Å². The number of allylic oxidation sites excluding steroid dienone is 4. The van der Waals surface area contributed by atoms with E-state index in [1.807, 2.05) is 0 Å². The first-order valence-electron chi connectivity index (χ1n) is 27.8. The molecule has 74 heavy (non-hydrogen) atoms. The highest BCUT2D eigenvalue weighted by molar-refractivity contribution is 7.45. The van der Waals surface area contributed by atoms with E-state index in [2.05, 4.69) is 43.5 Å². The van der Waals surface area contributed by atoms with Gasteiger partial charge >= 0.3 is 11.9 Å². The lowest BCUT2D eigenvalue weighted by atomic mass is 9.98. The first kappa shape index (κ1) is 72.0. The molecule has 0 bridgehead atoms. The quantitative estimate of drug-likeness (QED) is 0.0139. The molecular formula is C53H103N2O18P. The first-order chi connectivity index (χ1) is 35.2. The van der Waals surface area contributed by atoms with Crippen molar-refractivity contribution in [1.82, 2.24) is 11.5 Å². The molecule has 0 radical (unpaired) electrons. The predicted molar refractivity (Wildman–Crippen MR) is 282 cm³/mol. The topological polar surface area (TPSA) is 340 Å². The zero-order valence-corrected chi connectivity index (χ0v) is 46.3. The molecule has 438 valence electrons. The second-order valence-electron chi connectivity index (χ2n) is 19.3. The Morgan fingerprint density at radius 2 is 1.11 bits per heavy atom. The molecule has 0 amide bonds. The van der Waals surface area contributed by atoms with Gasteiger partial charge in [0.05, 0.1) is 32.5 Å². The van der Waals surface area contributed by atoms with Crippen molar-refractivity contribution in [1.29, 1.82) is 0 Å². The predicted octanol–water partition coefficient (Wildman–Crippen LogP) is 6.24. The van der Waals surface area contributed by atoms with E-state index >= 15 is 0 Å². The number of unbranched alkanes of at least 4 members (excludes halogenated alkanes) is 22. The maximum Gasteiger partial charge on any atom is 0.306 e. The average Bonchev–Trinajstić information content (AvgIpc) is 3.37. The Morgan fingerprint density at radius 3 is 1.59 bits per heavy atom. The summed E-state index contributed by atoms with van der Waals surface area (Å²) >= 11 is 0. The van der Waals surface area contributed by atoms with Gasteiger partial charge in [-0.3, -0.25) is 14.2 Å². The fourth-order valence-electron chi connectivity index (χ4n) is 8.17. The maximum absolute atomic E-state index is 12.9. The van der Waals surface area contributed by atoms with Crippen LogP contribution in [-0.2, 0) is 42.1 Å². The number of hydrogen-bond donors (Lipinski definition) is 10. The zero-order chi connectivity index (χ0) is 54.0. The lowest BCUT2D eigenvalue weighted by molar-refractivity contribution is -0.327. The molecule has 1 aliphatic heterocycles. The molecule has 11 atom stereocenters. The van der Waals surface area contributed by atoms with Gasteiger partial charge in [-0.1, -0.05) is 141 Å². The number of aliphatic hydroxyl groups is 8. The fraction of sp³-hybridized carbons (Fsp3) is 0.887. The number of nitrogens with one attached hydrogen (secondary N) is 1. The molecule has 0 aliphatic carbocycles. The smallest absolute Gasteiger partial charge is 0.306 e. The molecule has 1 saturated heterocycles. The summed E-state index contributed by atoms with van der Waals surface area (Å²) in [6, 6.07) is 0. The number of aliphatic hydroxyl groups excluding tert-OH is 8. The Kier molecular flexibility index (Phi) is 45.8. The Morgan fingerprint density at radius 1 is 0.635 bits per heavy atom.